The highest BCUT2D eigenvalue weighted by molar-refractivity contribution is 7.89. The van der Waals surface area contributed by atoms with Crippen LogP contribution in [0.15, 0.2) is 35.2 Å². The Morgan fingerprint density at radius 2 is 1.51 bits per heavy atom. The minimum Gasteiger partial charge on any atom is -0.273 e. The number of rotatable bonds is 7. The lowest BCUT2D eigenvalue weighted by Crippen LogP contribution is -2.47. The number of likely N-dealkylation sites (N-methyl/N-ethyl adjacent to an activating group) is 1. The molecule has 2 aromatic heterocycles. The number of sulfonamides is 1. The van der Waals surface area contributed by atoms with E-state index in [4.69, 9.17) is 0 Å². The van der Waals surface area contributed by atoms with Gasteiger partial charge in [0.15, 0.2) is 0 Å². The fourth-order valence-corrected chi connectivity index (χ4v) is 4.62. The predicted octanol–water partition coefficient (Wildman–Crippen LogP) is 1.22. The molecule has 0 saturated heterocycles. The van der Waals surface area contributed by atoms with Crippen LogP contribution in [-0.2, 0) is 26.0 Å². The molecule has 0 fully saturated rings. The third-order valence-corrected chi connectivity index (χ3v) is 7.19. The van der Waals surface area contributed by atoms with Crippen molar-refractivity contribution in [2.75, 3.05) is 13.6 Å². The standard InChI is InChI=1S/C23H29N7O4S/c1-14-7-9-19(10-8-14)35(33,34)29(6)13-22(32)27-26-21(31)12-20-17(4)28-30(18(20)5)23-24-15(2)11-16(3)25-23/h7-11H,12-13H2,1-6H3,(H,26,31)(H,27,32). The summed E-state index contributed by atoms with van der Waals surface area (Å²) < 4.78 is 27.8. The van der Waals surface area contributed by atoms with Gasteiger partial charge in [-0.15, -0.1) is 0 Å². The number of nitrogens with zero attached hydrogens (tertiary/aromatic N) is 5. The Bertz CT molecular complexity index is 1350. The molecule has 11 nitrogen and oxygen atoms in total. The van der Waals surface area contributed by atoms with Crippen molar-refractivity contribution in [3.8, 4) is 5.95 Å². The van der Waals surface area contributed by atoms with E-state index in [1.165, 1.54) is 19.2 Å². The molecule has 0 aliphatic carbocycles. The first-order chi connectivity index (χ1) is 16.4. The van der Waals surface area contributed by atoms with E-state index in [-0.39, 0.29) is 11.3 Å². The Hall–Kier alpha value is -3.64. The van der Waals surface area contributed by atoms with Gasteiger partial charge in [0, 0.05) is 29.7 Å². The summed E-state index contributed by atoms with van der Waals surface area (Å²) in [5.41, 5.74) is 9.14. The molecule has 0 aliphatic heterocycles. The molecular formula is C23H29N7O4S. The maximum Gasteiger partial charge on any atom is 0.253 e. The topological polar surface area (TPSA) is 139 Å². The molecule has 3 aromatic rings. The minimum atomic E-state index is -3.84. The zero-order valence-electron chi connectivity index (χ0n) is 20.6. The quantitative estimate of drug-likeness (QED) is 0.466. The summed E-state index contributed by atoms with van der Waals surface area (Å²) in [7, 11) is -2.54. The second-order valence-electron chi connectivity index (χ2n) is 8.36. The second-order valence-corrected chi connectivity index (χ2v) is 10.4. The van der Waals surface area contributed by atoms with Crippen LogP contribution in [0.4, 0.5) is 0 Å². The van der Waals surface area contributed by atoms with E-state index in [2.05, 4.69) is 25.9 Å². The molecule has 2 amide bonds. The fourth-order valence-electron chi connectivity index (χ4n) is 3.49. The van der Waals surface area contributed by atoms with Gasteiger partial charge in [-0.1, -0.05) is 17.7 Å². The largest absolute Gasteiger partial charge is 0.273 e. The van der Waals surface area contributed by atoms with Gasteiger partial charge >= 0.3 is 0 Å². The smallest absolute Gasteiger partial charge is 0.253 e. The number of nitrogens with one attached hydrogen (secondary N) is 2. The zero-order valence-corrected chi connectivity index (χ0v) is 21.4. The highest BCUT2D eigenvalue weighted by Gasteiger charge is 2.23. The van der Waals surface area contributed by atoms with Crippen LogP contribution >= 0.6 is 0 Å². The molecule has 0 saturated carbocycles. The normalized spacial score (nSPS) is 11.5. The van der Waals surface area contributed by atoms with Crippen LogP contribution in [0.25, 0.3) is 5.95 Å². The highest BCUT2D eigenvalue weighted by Crippen LogP contribution is 2.17. The van der Waals surface area contributed by atoms with Crippen LogP contribution in [0.2, 0.25) is 0 Å². The summed E-state index contributed by atoms with van der Waals surface area (Å²) in [4.78, 5) is 33.7. The minimum absolute atomic E-state index is 0.0414. The second kappa shape index (κ2) is 10.3. The first-order valence-electron chi connectivity index (χ1n) is 10.9. The van der Waals surface area contributed by atoms with Crippen LogP contribution in [0.1, 0.15) is 33.9 Å². The molecule has 12 heteroatoms. The molecule has 0 aliphatic rings. The summed E-state index contributed by atoms with van der Waals surface area (Å²) >= 11 is 0. The predicted molar refractivity (Wildman–Crippen MR) is 129 cm³/mol. The zero-order chi connectivity index (χ0) is 25.9. The first-order valence-corrected chi connectivity index (χ1v) is 12.3. The summed E-state index contributed by atoms with van der Waals surface area (Å²) in [6.07, 6.45) is -0.0414. The van der Waals surface area contributed by atoms with Gasteiger partial charge in [0.1, 0.15) is 0 Å². The highest BCUT2D eigenvalue weighted by atomic mass is 32.2. The van der Waals surface area contributed by atoms with Gasteiger partial charge in [-0.05, 0) is 52.8 Å². The van der Waals surface area contributed by atoms with E-state index in [1.807, 2.05) is 33.8 Å². The summed E-state index contributed by atoms with van der Waals surface area (Å²) in [5.74, 6) is -0.736. The van der Waals surface area contributed by atoms with Gasteiger partial charge in [-0.2, -0.15) is 9.40 Å². The molecular weight excluding hydrogens is 470 g/mol. The summed E-state index contributed by atoms with van der Waals surface area (Å²) in [6.45, 7) is 8.71. The van der Waals surface area contributed by atoms with Gasteiger partial charge in [0.05, 0.1) is 23.6 Å². The lowest BCUT2D eigenvalue weighted by molar-refractivity contribution is -0.128. The molecule has 0 radical (unpaired) electrons. The molecule has 0 bridgehead atoms. The van der Waals surface area contributed by atoms with E-state index in [0.29, 0.717) is 22.9 Å². The first kappa shape index (κ1) is 26.0. The fraction of sp³-hybridized carbons (Fsp3) is 0.348. The Labute approximate surface area is 204 Å². The van der Waals surface area contributed by atoms with Gasteiger partial charge < -0.3 is 0 Å². The number of hydrogen-bond acceptors (Lipinski definition) is 7. The third-order valence-electron chi connectivity index (χ3n) is 5.38. The number of aromatic nitrogens is 4. The Balaban J connectivity index is 1.61. The van der Waals surface area contributed by atoms with Crippen LogP contribution in [0, 0.1) is 34.6 Å². The average molecular weight is 500 g/mol. The van der Waals surface area contributed by atoms with Crippen molar-refractivity contribution in [1.29, 1.82) is 0 Å². The monoisotopic (exact) mass is 499 g/mol. The van der Waals surface area contributed by atoms with E-state index in [1.54, 1.807) is 23.7 Å². The lowest BCUT2D eigenvalue weighted by atomic mass is 10.1. The van der Waals surface area contributed by atoms with Gasteiger partial charge in [0.25, 0.3) is 11.9 Å². The van der Waals surface area contributed by atoms with E-state index < -0.39 is 28.4 Å². The average Bonchev–Trinajstić information content (AvgIpc) is 3.05. The lowest BCUT2D eigenvalue weighted by Gasteiger charge is -2.17. The molecule has 1 aromatic carbocycles. The van der Waals surface area contributed by atoms with Gasteiger partial charge in [0.2, 0.25) is 15.9 Å². The van der Waals surface area contributed by atoms with Crippen molar-refractivity contribution in [2.24, 2.45) is 0 Å². The van der Waals surface area contributed by atoms with Crippen molar-refractivity contribution >= 4 is 21.8 Å². The van der Waals surface area contributed by atoms with Crippen LogP contribution in [-0.4, -0.2) is 57.9 Å². The van der Waals surface area contributed by atoms with E-state index >= 15 is 0 Å². The van der Waals surface area contributed by atoms with E-state index in [9.17, 15) is 18.0 Å². The number of hydrogen-bond donors (Lipinski definition) is 2. The molecule has 0 unspecified atom stereocenters. The molecule has 2 N–H and O–H groups in total. The Kier molecular flexibility index (Phi) is 7.66. The Morgan fingerprint density at radius 3 is 2.11 bits per heavy atom. The SMILES string of the molecule is Cc1ccc(S(=O)(=O)N(C)CC(=O)NNC(=O)Cc2c(C)nn(-c3nc(C)cc(C)n3)c2C)cc1. The molecule has 0 spiro atoms. The van der Waals surface area contributed by atoms with Crippen molar-refractivity contribution in [3.05, 3.63) is 64.2 Å². The molecule has 2 heterocycles. The number of aryl methyl sites for hydroxylation is 4. The van der Waals surface area contributed by atoms with Crippen molar-refractivity contribution < 1.29 is 18.0 Å². The number of carbonyl (C=O) groups is 2. The number of hydrazine groups is 1. The van der Waals surface area contributed by atoms with Gasteiger partial charge in [-0.3, -0.25) is 20.4 Å². The van der Waals surface area contributed by atoms with Crippen LogP contribution in [0.5, 0.6) is 0 Å². The van der Waals surface area contributed by atoms with Crippen LogP contribution < -0.4 is 10.9 Å². The van der Waals surface area contributed by atoms with Crippen molar-refractivity contribution in [3.63, 3.8) is 0 Å². The Morgan fingerprint density at radius 1 is 0.943 bits per heavy atom. The maximum absolute atomic E-state index is 12.6. The number of amides is 2. The maximum atomic E-state index is 12.6. The summed E-state index contributed by atoms with van der Waals surface area (Å²) in [6, 6.07) is 8.18. The van der Waals surface area contributed by atoms with Crippen LogP contribution in [0.3, 0.4) is 0 Å². The van der Waals surface area contributed by atoms with Gasteiger partial charge in [-0.25, -0.2) is 23.1 Å². The third kappa shape index (κ3) is 6.08. The van der Waals surface area contributed by atoms with Crippen molar-refractivity contribution in [1.82, 2.24) is 34.9 Å². The molecule has 35 heavy (non-hydrogen) atoms. The van der Waals surface area contributed by atoms with Crippen molar-refractivity contribution in [2.45, 2.75) is 45.9 Å². The molecule has 3 rings (SSSR count). The molecule has 0 atom stereocenters. The summed E-state index contributed by atoms with van der Waals surface area (Å²) in [5, 5.41) is 4.46. The number of benzene rings is 1. The molecule has 186 valence electrons. The number of carbonyl (C=O) groups excluding carboxylic acids is 2. The van der Waals surface area contributed by atoms with E-state index in [0.717, 1.165) is 21.3 Å².